The molecule has 3 aliphatic rings. The molecule has 3 heterocycles. The Morgan fingerprint density at radius 1 is 1.13 bits per heavy atom. The molecule has 2 aromatic rings. The third kappa shape index (κ3) is 3.34. The number of rotatable bonds is 3. The van der Waals surface area contributed by atoms with Crippen LogP contribution in [0.4, 0.5) is 11.5 Å². The molecular weight excluding hydrogens is 398 g/mol. The van der Waals surface area contributed by atoms with Crippen LogP contribution in [-0.4, -0.2) is 26.2 Å². The fraction of sp³-hybridized carbons (Fsp3) is 0.174. The Labute approximate surface area is 178 Å². The van der Waals surface area contributed by atoms with Gasteiger partial charge in [0.05, 0.1) is 11.8 Å². The van der Waals surface area contributed by atoms with Gasteiger partial charge < -0.3 is 15.0 Å². The van der Waals surface area contributed by atoms with Gasteiger partial charge in [0.25, 0.3) is 5.62 Å². The standard InChI is InChI=1S/C23H20ClN5O/c1-14(30)15-5-4-6-17(11-15)27-23-26-13-16-12-19(18-7-2-3-8-20(18)24)22-25-9-10-29(22)21(16)28-23/h2-8,11-14,25,30H,9-10H2,1H3. The molecule has 2 aromatic carbocycles. The molecule has 0 saturated carbocycles. The Morgan fingerprint density at radius 3 is 2.83 bits per heavy atom. The molecule has 0 bridgehead atoms. The van der Waals surface area contributed by atoms with Gasteiger partial charge in [-0.3, -0.25) is 0 Å². The molecule has 0 saturated heterocycles. The van der Waals surface area contributed by atoms with Crippen LogP contribution in [0.1, 0.15) is 18.6 Å². The first-order valence-electron chi connectivity index (χ1n) is 9.82. The minimum absolute atomic E-state index is 0.386. The van der Waals surface area contributed by atoms with Crippen LogP contribution in [-0.2, 0) is 6.54 Å². The lowest BCUT2D eigenvalue weighted by molar-refractivity contribution is 0.199. The quantitative estimate of drug-likeness (QED) is 0.517. The number of nitrogens with one attached hydrogen (secondary N) is 1. The summed E-state index contributed by atoms with van der Waals surface area (Å²) in [6, 6.07) is 17.4. The van der Waals surface area contributed by atoms with Gasteiger partial charge in [-0.1, -0.05) is 41.9 Å². The predicted octanol–water partition coefficient (Wildman–Crippen LogP) is 4.41. The molecule has 0 radical (unpaired) electrons. The Hall–Kier alpha value is -3.22. The number of hydrogen-bond donors (Lipinski definition) is 2. The second-order valence-corrected chi connectivity index (χ2v) is 7.70. The summed E-state index contributed by atoms with van der Waals surface area (Å²) in [5.41, 5.74) is 4.83. The maximum Gasteiger partial charge on any atom is 0.251 e. The van der Waals surface area contributed by atoms with E-state index in [0.717, 1.165) is 47.0 Å². The molecule has 0 spiro atoms. The molecule has 5 rings (SSSR count). The highest BCUT2D eigenvalue weighted by Crippen LogP contribution is 2.39. The molecule has 7 heteroatoms. The fourth-order valence-electron chi connectivity index (χ4n) is 3.77. The lowest BCUT2D eigenvalue weighted by Crippen LogP contribution is -2.17. The van der Waals surface area contributed by atoms with Gasteiger partial charge in [-0.2, -0.15) is 4.98 Å². The van der Waals surface area contributed by atoms with E-state index in [2.05, 4.69) is 25.9 Å². The number of pyridine rings is 1. The molecule has 150 valence electrons. The van der Waals surface area contributed by atoms with Crippen LogP contribution in [0.15, 0.2) is 65.8 Å². The number of aromatic nitrogens is 3. The minimum Gasteiger partial charge on any atom is -0.389 e. The van der Waals surface area contributed by atoms with E-state index in [1.54, 1.807) is 13.1 Å². The van der Waals surface area contributed by atoms with Crippen LogP contribution in [0.3, 0.4) is 0 Å². The van der Waals surface area contributed by atoms with Gasteiger partial charge in [0.2, 0.25) is 0 Å². The molecule has 2 N–H and O–H groups in total. The van der Waals surface area contributed by atoms with Crippen molar-refractivity contribution in [3.8, 4) is 22.5 Å². The molecule has 3 aliphatic heterocycles. The summed E-state index contributed by atoms with van der Waals surface area (Å²) in [5.74, 6) is 1.82. The monoisotopic (exact) mass is 417 g/mol. The van der Waals surface area contributed by atoms with Crippen molar-refractivity contribution in [3.05, 3.63) is 77.0 Å². The highest BCUT2D eigenvalue weighted by molar-refractivity contribution is 6.33. The molecule has 0 amide bonds. The Kier molecular flexibility index (Phi) is 4.73. The van der Waals surface area contributed by atoms with E-state index in [-0.39, 0.29) is 0 Å². The average molecular weight is 418 g/mol. The number of fused-ring (bicyclic) bond motifs is 3. The number of aliphatic hydroxyl groups is 1. The maximum atomic E-state index is 9.81. The first kappa shape index (κ1) is 18.8. The molecule has 30 heavy (non-hydrogen) atoms. The molecule has 1 atom stereocenters. The zero-order valence-electron chi connectivity index (χ0n) is 16.4. The summed E-state index contributed by atoms with van der Waals surface area (Å²) in [4.78, 5) is 13.7. The first-order chi connectivity index (χ1) is 14.6. The smallest absolute Gasteiger partial charge is 0.251 e. The zero-order chi connectivity index (χ0) is 20.7. The minimum atomic E-state index is -0.550. The highest BCUT2D eigenvalue weighted by atomic mass is 35.5. The number of benzene rings is 2. The molecular formula is C23H20ClN5O. The van der Waals surface area contributed by atoms with E-state index in [0.29, 0.717) is 16.3 Å². The number of hydrogen-bond acceptors (Lipinski definition) is 5. The summed E-state index contributed by atoms with van der Waals surface area (Å²) < 4.78 is 2.15. The lowest BCUT2D eigenvalue weighted by atomic mass is 10.0. The normalized spacial score (nSPS) is 14.6. The number of aliphatic hydroxyl groups excluding tert-OH is 1. The lowest BCUT2D eigenvalue weighted by Gasteiger charge is -2.17. The molecule has 0 aliphatic carbocycles. The van der Waals surface area contributed by atoms with Gasteiger partial charge in [0.15, 0.2) is 0 Å². The summed E-state index contributed by atoms with van der Waals surface area (Å²) in [6.45, 7) is 3.36. The van der Waals surface area contributed by atoms with Crippen LogP contribution in [0, 0.1) is 0 Å². The second kappa shape index (κ2) is 7.55. The Bertz CT molecular complexity index is 1280. The summed E-state index contributed by atoms with van der Waals surface area (Å²) in [7, 11) is 0. The molecule has 1 unspecified atom stereocenters. The summed E-state index contributed by atoms with van der Waals surface area (Å²) >= 11 is 6.46. The van der Waals surface area contributed by atoms with Crippen molar-refractivity contribution in [2.24, 2.45) is 4.99 Å². The van der Waals surface area contributed by atoms with Gasteiger partial charge in [0.1, 0.15) is 11.6 Å². The zero-order valence-corrected chi connectivity index (χ0v) is 17.1. The van der Waals surface area contributed by atoms with Crippen molar-refractivity contribution >= 4 is 23.1 Å². The average Bonchev–Trinajstić information content (AvgIpc) is 3.24. The van der Waals surface area contributed by atoms with Crippen molar-refractivity contribution in [1.29, 1.82) is 0 Å². The van der Waals surface area contributed by atoms with Crippen molar-refractivity contribution in [3.63, 3.8) is 0 Å². The van der Waals surface area contributed by atoms with Gasteiger partial charge in [-0.15, -0.1) is 0 Å². The molecule has 0 aromatic heterocycles. The van der Waals surface area contributed by atoms with Gasteiger partial charge in [-0.05, 0) is 36.8 Å². The van der Waals surface area contributed by atoms with Crippen LogP contribution in [0.2, 0.25) is 5.02 Å². The van der Waals surface area contributed by atoms with Crippen LogP contribution in [0.5, 0.6) is 0 Å². The first-order valence-corrected chi connectivity index (χ1v) is 10.2. The van der Waals surface area contributed by atoms with E-state index in [9.17, 15) is 5.11 Å². The third-order valence-corrected chi connectivity index (χ3v) is 5.57. The summed E-state index contributed by atoms with van der Waals surface area (Å²) in [5, 5.41) is 14.0. The highest BCUT2D eigenvalue weighted by Gasteiger charge is 2.22. The van der Waals surface area contributed by atoms with E-state index in [1.807, 2.05) is 48.5 Å². The van der Waals surface area contributed by atoms with Gasteiger partial charge >= 0.3 is 0 Å². The van der Waals surface area contributed by atoms with Gasteiger partial charge in [0, 0.05) is 41.0 Å². The van der Waals surface area contributed by atoms with Crippen molar-refractivity contribution in [2.75, 3.05) is 11.9 Å². The predicted molar refractivity (Wildman–Crippen MR) is 118 cm³/mol. The number of nitrogens with zero attached hydrogens (tertiary/aromatic N) is 4. The Morgan fingerprint density at radius 2 is 2.00 bits per heavy atom. The number of halogens is 1. The van der Waals surface area contributed by atoms with Crippen molar-refractivity contribution in [2.45, 2.75) is 19.6 Å². The molecule has 6 nitrogen and oxygen atoms in total. The van der Waals surface area contributed by atoms with E-state index >= 15 is 0 Å². The maximum absolute atomic E-state index is 9.81. The van der Waals surface area contributed by atoms with E-state index < -0.39 is 6.10 Å². The van der Waals surface area contributed by atoms with Crippen molar-refractivity contribution < 1.29 is 5.11 Å². The van der Waals surface area contributed by atoms with Gasteiger partial charge in [-0.25, -0.2) is 9.98 Å². The topological polar surface area (TPSA) is 75.3 Å². The third-order valence-electron chi connectivity index (χ3n) is 5.24. The van der Waals surface area contributed by atoms with Crippen LogP contribution < -0.4 is 10.9 Å². The van der Waals surface area contributed by atoms with Crippen LogP contribution in [0.25, 0.3) is 22.5 Å². The largest absolute Gasteiger partial charge is 0.389 e. The Balaban J connectivity index is 1.67. The van der Waals surface area contributed by atoms with Crippen molar-refractivity contribution in [1.82, 2.24) is 14.5 Å². The fourth-order valence-corrected chi connectivity index (χ4v) is 4.01. The van der Waals surface area contributed by atoms with E-state index in [4.69, 9.17) is 16.6 Å². The van der Waals surface area contributed by atoms with E-state index in [1.165, 1.54) is 0 Å². The van der Waals surface area contributed by atoms with Crippen LogP contribution >= 0.6 is 11.6 Å². The number of anilines is 1. The molecule has 0 fully saturated rings. The summed E-state index contributed by atoms with van der Waals surface area (Å²) in [6.07, 6.45) is 1.25. The second-order valence-electron chi connectivity index (χ2n) is 7.30. The SMILES string of the molecule is CC(O)c1cccc(N=c2ncc3cc(-c4ccccc4Cl)c4n(c-3n2)CCN4)c1.